The van der Waals surface area contributed by atoms with Gasteiger partial charge < -0.3 is 19.1 Å². The third-order valence-corrected chi connectivity index (χ3v) is 6.16. The number of ether oxygens (including phenoxy) is 3. The molecule has 3 amide bonds. The number of nitrogens with zero attached hydrogens (tertiary/aromatic N) is 2. The van der Waals surface area contributed by atoms with Crippen molar-refractivity contribution < 1.29 is 28.6 Å². The molecule has 0 unspecified atom stereocenters. The van der Waals surface area contributed by atoms with Crippen LogP contribution in [0.5, 0.6) is 11.5 Å². The Hall–Kier alpha value is -3.30. The number of rotatable bonds is 7. The lowest BCUT2D eigenvalue weighted by Gasteiger charge is -2.28. The average Bonchev–Trinajstić information content (AvgIpc) is 3.11. The maximum Gasteiger partial charge on any atom is 0.294 e. The molecule has 2 aliphatic heterocycles. The summed E-state index contributed by atoms with van der Waals surface area (Å²) in [4.78, 5) is 40.5. The lowest BCUT2D eigenvalue weighted by atomic mass is 10.1. The number of amides is 3. The number of hydrogen-bond acceptors (Lipinski definition) is 7. The Morgan fingerprint density at radius 2 is 1.85 bits per heavy atom. The molecular weight excluding hydrogens is 444 g/mol. The number of hydrogen-bond donors (Lipinski definition) is 0. The molecule has 9 heteroatoms. The summed E-state index contributed by atoms with van der Waals surface area (Å²) in [6.45, 7) is 1.97. The summed E-state index contributed by atoms with van der Waals surface area (Å²) < 4.78 is 16.5. The average molecular weight is 469 g/mol. The van der Waals surface area contributed by atoms with E-state index in [0.29, 0.717) is 50.0 Å². The predicted molar refractivity (Wildman–Crippen MR) is 124 cm³/mol. The first kappa shape index (κ1) is 22.9. The lowest BCUT2D eigenvalue weighted by molar-refractivity contribution is -0.139. The summed E-state index contributed by atoms with van der Waals surface area (Å²) in [5.74, 6) is 0.350. The molecule has 8 nitrogen and oxygen atoms in total. The standard InChI is InChI=1S/C24H24N2O6S/c1-30-20-13-18(7-8-19(20)32-16-17-5-3-2-4-6-17)14-21-23(28)26(24(29)33-21)15-22(27)25-9-11-31-12-10-25/h2-8,13-14H,9-12,15-16H2,1H3/b21-14+. The summed E-state index contributed by atoms with van der Waals surface area (Å²) in [7, 11) is 1.54. The van der Waals surface area contributed by atoms with Crippen LogP contribution in [0.1, 0.15) is 11.1 Å². The molecule has 2 aromatic rings. The van der Waals surface area contributed by atoms with Gasteiger partial charge in [-0.1, -0.05) is 36.4 Å². The van der Waals surface area contributed by atoms with Crippen molar-refractivity contribution in [3.05, 3.63) is 64.6 Å². The Bertz CT molecular complexity index is 1070. The molecule has 2 aromatic carbocycles. The Balaban J connectivity index is 1.43. The highest BCUT2D eigenvalue weighted by Crippen LogP contribution is 2.34. The van der Waals surface area contributed by atoms with Gasteiger partial charge in [-0.05, 0) is 41.1 Å². The van der Waals surface area contributed by atoms with Crippen LogP contribution in [0.3, 0.4) is 0 Å². The van der Waals surface area contributed by atoms with E-state index in [4.69, 9.17) is 14.2 Å². The van der Waals surface area contributed by atoms with Gasteiger partial charge in [0.05, 0.1) is 25.2 Å². The minimum atomic E-state index is -0.477. The summed E-state index contributed by atoms with van der Waals surface area (Å²) in [5, 5.41) is -0.456. The van der Waals surface area contributed by atoms with Gasteiger partial charge in [0.1, 0.15) is 13.2 Å². The molecule has 4 rings (SSSR count). The highest BCUT2D eigenvalue weighted by molar-refractivity contribution is 8.18. The Morgan fingerprint density at radius 3 is 2.58 bits per heavy atom. The lowest BCUT2D eigenvalue weighted by Crippen LogP contribution is -2.46. The molecule has 0 radical (unpaired) electrons. The Morgan fingerprint density at radius 1 is 1.09 bits per heavy atom. The van der Waals surface area contributed by atoms with Gasteiger partial charge in [-0.25, -0.2) is 0 Å². The highest BCUT2D eigenvalue weighted by atomic mass is 32.2. The minimum absolute atomic E-state index is 0.259. The second-order valence-electron chi connectivity index (χ2n) is 7.45. The molecule has 2 fully saturated rings. The normalized spacial score (nSPS) is 17.5. The van der Waals surface area contributed by atoms with Gasteiger partial charge >= 0.3 is 0 Å². The molecule has 0 atom stereocenters. The van der Waals surface area contributed by atoms with Crippen LogP contribution in [0.4, 0.5) is 4.79 Å². The summed E-state index contributed by atoms with van der Waals surface area (Å²) >= 11 is 0.822. The van der Waals surface area contributed by atoms with Crippen LogP contribution < -0.4 is 9.47 Å². The maximum atomic E-state index is 12.8. The van der Waals surface area contributed by atoms with E-state index in [-0.39, 0.29) is 17.4 Å². The minimum Gasteiger partial charge on any atom is -0.493 e. The van der Waals surface area contributed by atoms with Crippen LogP contribution >= 0.6 is 11.8 Å². The number of morpholine rings is 1. The second kappa shape index (κ2) is 10.5. The zero-order chi connectivity index (χ0) is 23.2. The van der Waals surface area contributed by atoms with E-state index in [1.54, 1.807) is 36.3 Å². The van der Waals surface area contributed by atoms with Crippen molar-refractivity contribution in [3.8, 4) is 11.5 Å². The van der Waals surface area contributed by atoms with E-state index in [9.17, 15) is 14.4 Å². The maximum absolute atomic E-state index is 12.8. The monoisotopic (exact) mass is 468 g/mol. The van der Waals surface area contributed by atoms with Gasteiger partial charge in [0.25, 0.3) is 11.1 Å². The largest absolute Gasteiger partial charge is 0.493 e. The Labute approximate surface area is 196 Å². The molecule has 2 saturated heterocycles. The van der Waals surface area contributed by atoms with E-state index < -0.39 is 11.1 Å². The van der Waals surface area contributed by atoms with E-state index in [1.807, 2.05) is 30.3 Å². The SMILES string of the molecule is COc1cc(/C=C2/SC(=O)N(CC(=O)N3CCOCC3)C2=O)ccc1OCc1ccccc1. The second-order valence-corrected chi connectivity index (χ2v) is 8.44. The zero-order valence-corrected chi connectivity index (χ0v) is 19.0. The number of thioether (sulfide) groups is 1. The highest BCUT2D eigenvalue weighted by Gasteiger charge is 2.37. The van der Waals surface area contributed by atoms with Crippen LogP contribution in [0.15, 0.2) is 53.4 Å². The van der Waals surface area contributed by atoms with Crippen LogP contribution in [0.2, 0.25) is 0 Å². The third kappa shape index (κ3) is 5.55. The summed E-state index contributed by atoms with van der Waals surface area (Å²) in [6, 6.07) is 15.1. The van der Waals surface area contributed by atoms with Crippen LogP contribution in [-0.2, 0) is 20.9 Å². The first-order valence-corrected chi connectivity index (χ1v) is 11.3. The van der Waals surface area contributed by atoms with Crippen LogP contribution in [0.25, 0.3) is 6.08 Å². The number of carbonyl (C=O) groups is 3. The van der Waals surface area contributed by atoms with Gasteiger partial charge in [-0.15, -0.1) is 0 Å². The fourth-order valence-electron chi connectivity index (χ4n) is 3.46. The first-order chi connectivity index (χ1) is 16.0. The predicted octanol–water partition coefficient (Wildman–Crippen LogP) is 3.17. The molecule has 2 heterocycles. The fourth-order valence-corrected chi connectivity index (χ4v) is 4.30. The molecule has 0 N–H and O–H groups in total. The molecule has 0 saturated carbocycles. The molecule has 0 aliphatic carbocycles. The van der Waals surface area contributed by atoms with Crippen LogP contribution in [-0.4, -0.2) is 66.8 Å². The van der Waals surface area contributed by atoms with Gasteiger partial charge in [0, 0.05) is 13.1 Å². The fraction of sp³-hybridized carbons (Fsp3) is 0.292. The van der Waals surface area contributed by atoms with Crippen molar-refractivity contribution in [2.75, 3.05) is 40.0 Å². The van der Waals surface area contributed by atoms with E-state index in [0.717, 1.165) is 22.2 Å². The molecule has 172 valence electrons. The Kier molecular flexibility index (Phi) is 7.31. The molecular formula is C24H24N2O6S. The van der Waals surface area contributed by atoms with E-state index >= 15 is 0 Å². The van der Waals surface area contributed by atoms with Gasteiger partial charge in [-0.3, -0.25) is 19.3 Å². The molecule has 0 spiro atoms. The molecule has 0 bridgehead atoms. The summed E-state index contributed by atoms with van der Waals surface area (Å²) in [6.07, 6.45) is 1.62. The number of benzene rings is 2. The van der Waals surface area contributed by atoms with Crippen molar-refractivity contribution in [1.82, 2.24) is 9.80 Å². The van der Waals surface area contributed by atoms with E-state index in [1.165, 1.54) is 0 Å². The number of carbonyl (C=O) groups excluding carboxylic acids is 3. The smallest absolute Gasteiger partial charge is 0.294 e. The molecule has 2 aliphatic rings. The molecule has 0 aromatic heterocycles. The number of imide groups is 1. The van der Waals surface area contributed by atoms with Crippen molar-refractivity contribution >= 4 is 34.9 Å². The van der Waals surface area contributed by atoms with Crippen molar-refractivity contribution in [2.45, 2.75) is 6.61 Å². The van der Waals surface area contributed by atoms with Gasteiger partial charge in [0.15, 0.2) is 11.5 Å². The quantitative estimate of drug-likeness (QED) is 0.577. The van der Waals surface area contributed by atoms with Crippen molar-refractivity contribution in [3.63, 3.8) is 0 Å². The topological polar surface area (TPSA) is 85.4 Å². The molecule has 33 heavy (non-hydrogen) atoms. The zero-order valence-electron chi connectivity index (χ0n) is 18.2. The van der Waals surface area contributed by atoms with Gasteiger partial charge in [0.2, 0.25) is 5.91 Å². The van der Waals surface area contributed by atoms with Crippen molar-refractivity contribution in [1.29, 1.82) is 0 Å². The van der Waals surface area contributed by atoms with Crippen molar-refractivity contribution in [2.24, 2.45) is 0 Å². The summed E-state index contributed by atoms with van der Waals surface area (Å²) in [5.41, 5.74) is 1.72. The van der Waals surface area contributed by atoms with E-state index in [2.05, 4.69) is 0 Å². The number of methoxy groups -OCH3 is 1. The van der Waals surface area contributed by atoms with Crippen LogP contribution in [0, 0.1) is 0 Å². The van der Waals surface area contributed by atoms with Gasteiger partial charge in [-0.2, -0.15) is 0 Å². The third-order valence-electron chi connectivity index (χ3n) is 5.25. The first-order valence-electron chi connectivity index (χ1n) is 10.5.